The number of rotatable bonds is 8. The van der Waals surface area contributed by atoms with Gasteiger partial charge in [-0.25, -0.2) is 0 Å². The summed E-state index contributed by atoms with van der Waals surface area (Å²) < 4.78 is 82.3. The Hall–Kier alpha value is -2.71. The van der Waals surface area contributed by atoms with Gasteiger partial charge < -0.3 is 9.47 Å². The van der Waals surface area contributed by atoms with Gasteiger partial charge in [-0.15, -0.1) is 26.3 Å². The van der Waals surface area contributed by atoms with Crippen LogP contribution in [0.2, 0.25) is 0 Å². The van der Waals surface area contributed by atoms with Crippen molar-refractivity contribution in [3.8, 4) is 11.5 Å². The molecule has 0 saturated heterocycles. The molecular weight excluding hydrogens is 390 g/mol. The summed E-state index contributed by atoms with van der Waals surface area (Å²) in [5.41, 5.74) is 0.433. The molecule has 0 atom stereocenters. The van der Waals surface area contributed by atoms with Crippen LogP contribution in [0.25, 0.3) is 0 Å². The van der Waals surface area contributed by atoms with E-state index in [1.165, 1.54) is 36.4 Å². The highest BCUT2D eigenvalue weighted by Crippen LogP contribution is 2.28. The smallest absolute Gasteiger partial charge is 0.406 e. The second-order valence-corrected chi connectivity index (χ2v) is 5.85. The third-order valence-corrected chi connectivity index (χ3v) is 3.74. The van der Waals surface area contributed by atoms with Gasteiger partial charge in [-0.05, 0) is 36.1 Å². The van der Waals surface area contributed by atoms with E-state index < -0.39 is 12.7 Å². The summed E-state index contributed by atoms with van der Waals surface area (Å²) in [7, 11) is 0. The molecule has 0 aliphatic heterocycles. The molecule has 0 aliphatic rings. The lowest BCUT2D eigenvalue weighted by Gasteiger charge is -2.13. The predicted octanol–water partition coefficient (Wildman–Crippen LogP) is 5.62. The van der Waals surface area contributed by atoms with Crippen molar-refractivity contribution in [3.63, 3.8) is 0 Å². The largest absolute Gasteiger partial charge is 0.573 e. The van der Waals surface area contributed by atoms with E-state index in [1.54, 1.807) is 0 Å². The van der Waals surface area contributed by atoms with Gasteiger partial charge in [-0.2, -0.15) is 0 Å². The van der Waals surface area contributed by atoms with E-state index in [4.69, 9.17) is 0 Å². The van der Waals surface area contributed by atoms with Gasteiger partial charge in [-0.3, -0.25) is 4.79 Å². The van der Waals surface area contributed by atoms with Crippen LogP contribution in [-0.2, 0) is 17.6 Å². The number of ketones is 1. The number of hydrogen-bond donors (Lipinski definition) is 0. The van der Waals surface area contributed by atoms with Gasteiger partial charge in [0.25, 0.3) is 0 Å². The number of ether oxygens (including phenoxy) is 2. The van der Waals surface area contributed by atoms with Crippen LogP contribution in [-0.4, -0.2) is 18.5 Å². The number of alkyl halides is 6. The molecule has 0 bridgehead atoms. The zero-order valence-electron chi connectivity index (χ0n) is 14.4. The lowest BCUT2D eigenvalue weighted by Crippen LogP contribution is -2.18. The van der Waals surface area contributed by atoms with Crippen molar-refractivity contribution in [1.82, 2.24) is 0 Å². The van der Waals surface area contributed by atoms with Crippen LogP contribution in [0.5, 0.6) is 11.5 Å². The number of halogens is 6. The molecular formula is C19H16F6O3. The average molecular weight is 406 g/mol. The van der Waals surface area contributed by atoms with Crippen molar-refractivity contribution >= 4 is 5.78 Å². The first kappa shape index (κ1) is 21.6. The van der Waals surface area contributed by atoms with Gasteiger partial charge in [-0.1, -0.05) is 36.4 Å². The minimum atomic E-state index is -4.84. The van der Waals surface area contributed by atoms with E-state index in [9.17, 15) is 31.1 Å². The molecule has 0 spiro atoms. The average Bonchev–Trinajstić information content (AvgIpc) is 2.57. The van der Waals surface area contributed by atoms with E-state index in [2.05, 4.69) is 9.47 Å². The fourth-order valence-corrected chi connectivity index (χ4v) is 2.54. The molecule has 0 N–H and O–H groups in total. The third-order valence-electron chi connectivity index (χ3n) is 3.74. The van der Waals surface area contributed by atoms with E-state index in [1.807, 2.05) is 0 Å². The van der Waals surface area contributed by atoms with Crippen molar-refractivity contribution < 1.29 is 40.6 Å². The maximum absolute atomic E-state index is 12.4. The molecule has 0 saturated carbocycles. The van der Waals surface area contributed by atoms with Crippen LogP contribution in [0.4, 0.5) is 26.3 Å². The summed E-state index contributed by atoms with van der Waals surface area (Å²) in [5.74, 6) is -1.07. The second kappa shape index (κ2) is 8.99. The summed E-state index contributed by atoms with van der Waals surface area (Å²) in [4.78, 5) is 12.1. The van der Waals surface area contributed by atoms with Crippen LogP contribution < -0.4 is 9.47 Å². The Morgan fingerprint density at radius 2 is 1.04 bits per heavy atom. The summed E-state index contributed by atoms with van der Waals surface area (Å²) in [5, 5.41) is 0. The number of hydrogen-bond acceptors (Lipinski definition) is 3. The lowest BCUT2D eigenvalue weighted by molar-refractivity contribution is -0.275. The van der Waals surface area contributed by atoms with E-state index in [0.717, 1.165) is 12.1 Å². The summed E-state index contributed by atoms with van der Waals surface area (Å²) >= 11 is 0. The Kier molecular flexibility index (Phi) is 6.93. The predicted molar refractivity (Wildman–Crippen MR) is 87.9 cm³/mol. The van der Waals surface area contributed by atoms with Crippen LogP contribution in [0, 0.1) is 0 Å². The van der Waals surface area contributed by atoms with E-state index >= 15 is 0 Å². The molecule has 28 heavy (non-hydrogen) atoms. The molecule has 152 valence electrons. The Morgan fingerprint density at radius 1 is 0.679 bits per heavy atom. The number of Topliss-reactive ketones (excluding diaryl/α,β-unsaturated/α-hetero) is 1. The molecule has 0 fully saturated rings. The van der Waals surface area contributed by atoms with Crippen molar-refractivity contribution in [3.05, 3.63) is 59.7 Å². The Bertz CT molecular complexity index is 733. The maximum Gasteiger partial charge on any atom is 0.573 e. The molecule has 0 heterocycles. The highest BCUT2D eigenvalue weighted by Gasteiger charge is 2.32. The molecule has 0 unspecified atom stereocenters. The zero-order chi connectivity index (χ0) is 20.8. The maximum atomic E-state index is 12.4. The molecule has 3 nitrogen and oxygen atoms in total. The molecule has 0 amide bonds. The van der Waals surface area contributed by atoms with Crippen LogP contribution >= 0.6 is 0 Å². The number of benzene rings is 2. The number of para-hydroxylation sites is 2. The normalized spacial score (nSPS) is 11.9. The topological polar surface area (TPSA) is 35.5 Å². The SMILES string of the molecule is O=C(CCc1ccccc1OC(F)(F)F)CCc1ccccc1OC(F)(F)F. The number of carbonyl (C=O) groups is 1. The lowest BCUT2D eigenvalue weighted by atomic mass is 10.0. The highest BCUT2D eigenvalue weighted by atomic mass is 19.4. The molecule has 9 heteroatoms. The fourth-order valence-electron chi connectivity index (χ4n) is 2.54. The highest BCUT2D eigenvalue weighted by molar-refractivity contribution is 5.79. The van der Waals surface area contributed by atoms with Crippen molar-refractivity contribution in [2.45, 2.75) is 38.4 Å². The quantitative estimate of drug-likeness (QED) is 0.534. The van der Waals surface area contributed by atoms with Gasteiger partial charge in [0.15, 0.2) is 0 Å². The molecule has 0 radical (unpaired) electrons. The minimum Gasteiger partial charge on any atom is -0.406 e. The second-order valence-electron chi connectivity index (χ2n) is 5.85. The standard InChI is InChI=1S/C19H16F6O3/c20-18(21,22)27-16-7-3-1-5-13(16)9-11-15(26)12-10-14-6-2-4-8-17(14)28-19(23,24)25/h1-8H,9-12H2. The third kappa shape index (κ3) is 7.50. The van der Waals surface area contributed by atoms with Gasteiger partial charge in [0.2, 0.25) is 0 Å². The van der Waals surface area contributed by atoms with Gasteiger partial charge in [0.05, 0.1) is 0 Å². The Balaban J connectivity index is 1.93. The van der Waals surface area contributed by atoms with Crippen molar-refractivity contribution in [2.24, 2.45) is 0 Å². The first-order valence-electron chi connectivity index (χ1n) is 8.22. The Labute approximate surface area is 156 Å². The van der Waals surface area contributed by atoms with E-state index in [-0.39, 0.29) is 54.1 Å². The number of aryl methyl sites for hydroxylation is 2. The summed E-state index contributed by atoms with van der Waals surface area (Å²) in [6.07, 6.45) is -9.79. The van der Waals surface area contributed by atoms with Gasteiger partial charge >= 0.3 is 12.7 Å². The van der Waals surface area contributed by atoms with E-state index in [0.29, 0.717) is 0 Å². The molecule has 2 aromatic carbocycles. The molecule has 0 aromatic heterocycles. The fraction of sp³-hybridized carbons (Fsp3) is 0.316. The first-order chi connectivity index (χ1) is 13.0. The molecule has 2 rings (SSSR count). The monoisotopic (exact) mass is 406 g/mol. The van der Waals surface area contributed by atoms with Gasteiger partial charge in [0, 0.05) is 12.8 Å². The zero-order valence-corrected chi connectivity index (χ0v) is 14.4. The molecule has 0 aliphatic carbocycles. The van der Waals surface area contributed by atoms with Crippen LogP contribution in [0.1, 0.15) is 24.0 Å². The van der Waals surface area contributed by atoms with Crippen molar-refractivity contribution in [1.29, 1.82) is 0 Å². The summed E-state index contributed by atoms with van der Waals surface area (Å²) in [6.45, 7) is 0. The van der Waals surface area contributed by atoms with Crippen LogP contribution in [0.15, 0.2) is 48.5 Å². The van der Waals surface area contributed by atoms with Crippen molar-refractivity contribution in [2.75, 3.05) is 0 Å². The number of carbonyl (C=O) groups excluding carboxylic acids is 1. The minimum absolute atomic E-state index is 0.0196. The Morgan fingerprint density at radius 3 is 1.39 bits per heavy atom. The first-order valence-corrected chi connectivity index (χ1v) is 8.22. The van der Waals surface area contributed by atoms with Crippen LogP contribution in [0.3, 0.4) is 0 Å². The van der Waals surface area contributed by atoms with Gasteiger partial charge in [0.1, 0.15) is 17.3 Å². The molecule has 2 aromatic rings. The summed E-state index contributed by atoms with van der Waals surface area (Å²) in [6, 6.07) is 10.9.